The largest absolute Gasteiger partial charge is 0.478 e. The highest BCUT2D eigenvalue weighted by Gasteiger charge is 2.44. The average Bonchev–Trinajstić information content (AvgIpc) is 2.81. The lowest BCUT2D eigenvalue weighted by Crippen LogP contribution is -2.42. The fraction of sp³-hybridized carbons (Fsp3) is 0.737. The molecule has 0 radical (unpaired) electrons. The van der Waals surface area contributed by atoms with Gasteiger partial charge in [-0.05, 0) is 37.5 Å². The maximum absolute atomic E-state index is 12.5. The molecule has 5 nitrogen and oxygen atoms in total. The van der Waals surface area contributed by atoms with Crippen molar-refractivity contribution in [3.63, 3.8) is 0 Å². The Kier molecular flexibility index (Phi) is 6.76. The molecule has 0 aromatic heterocycles. The summed E-state index contributed by atoms with van der Waals surface area (Å²) in [6.07, 6.45) is 2.15. The predicted octanol–water partition coefficient (Wildman–Crippen LogP) is 3.79. The Morgan fingerprint density at radius 3 is 2.21 bits per heavy atom. The van der Waals surface area contributed by atoms with Crippen molar-refractivity contribution < 1.29 is 14.7 Å². The number of carbonyl (C=O) groups excluding carboxylic acids is 1. The first-order valence-corrected chi connectivity index (χ1v) is 8.96. The monoisotopic (exact) mass is 336 g/mol. The third-order valence-corrected chi connectivity index (χ3v) is 5.17. The van der Waals surface area contributed by atoms with Crippen LogP contribution in [0.2, 0.25) is 0 Å². The van der Waals surface area contributed by atoms with Gasteiger partial charge in [-0.1, -0.05) is 48.0 Å². The molecule has 5 heteroatoms. The molecule has 0 saturated carbocycles. The zero-order chi connectivity index (χ0) is 18.7. The van der Waals surface area contributed by atoms with Crippen LogP contribution in [0.3, 0.4) is 0 Å². The number of carbonyl (C=O) groups is 2. The van der Waals surface area contributed by atoms with Crippen molar-refractivity contribution in [1.82, 2.24) is 5.32 Å². The second-order valence-corrected chi connectivity index (χ2v) is 7.48. The smallest absolute Gasteiger partial charge is 0.332 e. The van der Waals surface area contributed by atoms with E-state index in [2.05, 4.69) is 10.3 Å². The molecule has 0 bridgehead atoms. The van der Waals surface area contributed by atoms with Gasteiger partial charge in [-0.3, -0.25) is 9.79 Å². The number of rotatable bonds is 8. The van der Waals surface area contributed by atoms with Crippen LogP contribution in [-0.2, 0) is 9.59 Å². The second kappa shape index (κ2) is 7.95. The van der Waals surface area contributed by atoms with Crippen LogP contribution in [0.4, 0.5) is 0 Å². The predicted molar refractivity (Wildman–Crippen MR) is 97.0 cm³/mol. The highest BCUT2D eigenvalue weighted by Crippen LogP contribution is 2.32. The maximum atomic E-state index is 12.5. The van der Waals surface area contributed by atoms with E-state index in [9.17, 15) is 14.7 Å². The van der Waals surface area contributed by atoms with Crippen LogP contribution in [0.25, 0.3) is 0 Å². The van der Waals surface area contributed by atoms with E-state index in [1.807, 2.05) is 48.5 Å². The molecule has 0 saturated heterocycles. The van der Waals surface area contributed by atoms with Gasteiger partial charge in [0.15, 0.2) is 0 Å². The number of carboxylic acids is 1. The Labute approximate surface area is 145 Å². The van der Waals surface area contributed by atoms with E-state index in [1.165, 1.54) is 0 Å². The SMILES string of the molecule is CCC(C)C(C(=O)O)=C(CC(C)C)C1=NC(C)(C(C)CC)C(=O)N1. The van der Waals surface area contributed by atoms with E-state index in [0.29, 0.717) is 23.4 Å². The average molecular weight is 336 g/mol. The molecule has 136 valence electrons. The molecule has 1 rings (SSSR count). The van der Waals surface area contributed by atoms with Crippen LogP contribution in [0.1, 0.15) is 67.7 Å². The lowest BCUT2D eigenvalue weighted by molar-refractivity contribution is -0.133. The number of hydrogen-bond acceptors (Lipinski definition) is 3. The summed E-state index contributed by atoms with van der Waals surface area (Å²) >= 11 is 0. The Balaban J connectivity index is 3.49. The van der Waals surface area contributed by atoms with Crippen molar-refractivity contribution in [2.24, 2.45) is 22.7 Å². The first kappa shape index (κ1) is 20.4. The maximum Gasteiger partial charge on any atom is 0.332 e. The first-order chi connectivity index (χ1) is 11.1. The van der Waals surface area contributed by atoms with Crippen molar-refractivity contribution in [3.05, 3.63) is 11.1 Å². The number of nitrogens with zero attached hydrogens (tertiary/aromatic N) is 1. The lowest BCUT2D eigenvalue weighted by Gasteiger charge is -2.24. The first-order valence-electron chi connectivity index (χ1n) is 8.96. The van der Waals surface area contributed by atoms with Crippen molar-refractivity contribution in [1.29, 1.82) is 0 Å². The lowest BCUT2D eigenvalue weighted by atomic mass is 9.85. The minimum Gasteiger partial charge on any atom is -0.478 e. The van der Waals surface area contributed by atoms with Crippen LogP contribution >= 0.6 is 0 Å². The third kappa shape index (κ3) is 4.05. The molecule has 0 aromatic carbocycles. The topological polar surface area (TPSA) is 78.8 Å². The summed E-state index contributed by atoms with van der Waals surface area (Å²) in [6, 6.07) is 0. The number of carboxylic acid groups (broad SMARTS) is 1. The number of nitrogens with one attached hydrogen (secondary N) is 1. The van der Waals surface area contributed by atoms with Gasteiger partial charge in [0.05, 0.1) is 0 Å². The Hall–Kier alpha value is -1.65. The van der Waals surface area contributed by atoms with Gasteiger partial charge < -0.3 is 10.4 Å². The molecular weight excluding hydrogens is 304 g/mol. The van der Waals surface area contributed by atoms with E-state index in [1.54, 1.807) is 0 Å². The van der Waals surface area contributed by atoms with E-state index in [-0.39, 0.29) is 23.7 Å². The normalized spacial score (nSPS) is 24.3. The summed E-state index contributed by atoms with van der Waals surface area (Å²) in [5, 5.41) is 12.6. The molecule has 0 aliphatic carbocycles. The number of amidine groups is 1. The fourth-order valence-corrected chi connectivity index (χ4v) is 3.00. The highest BCUT2D eigenvalue weighted by molar-refractivity contribution is 6.17. The number of amides is 1. The number of hydrogen-bond donors (Lipinski definition) is 2. The minimum absolute atomic E-state index is 0.0900. The van der Waals surface area contributed by atoms with Crippen LogP contribution in [0.5, 0.6) is 0 Å². The van der Waals surface area contributed by atoms with E-state index < -0.39 is 11.5 Å². The molecule has 0 fully saturated rings. The second-order valence-electron chi connectivity index (χ2n) is 7.48. The van der Waals surface area contributed by atoms with Crippen molar-refractivity contribution in [3.8, 4) is 0 Å². The molecule has 2 N–H and O–H groups in total. The summed E-state index contributed by atoms with van der Waals surface area (Å²) in [7, 11) is 0. The minimum atomic E-state index is -0.922. The van der Waals surface area contributed by atoms with Crippen LogP contribution < -0.4 is 5.32 Å². The Morgan fingerprint density at radius 2 is 1.79 bits per heavy atom. The molecule has 1 aliphatic rings. The van der Waals surface area contributed by atoms with Crippen molar-refractivity contribution in [2.75, 3.05) is 0 Å². The summed E-state index contributed by atoms with van der Waals surface area (Å²) in [4.78, 5) is 29.1. The van der Waals surface area contributed by atoms with Crippen LogP contribution in [0.15, 0.2) is 16.1 Å². The van der Waals surface area contributed by atoms with Gasteiger partial charge in [-0.15, -0.1) is 0 Å². The third-order valence-electron chi connectivity index (χ3n) is 5.17. The van der Waals surface area contributed by atoms with Gasteiger partial charge in [-0.25, -0.2) is 4.79 Å². The number of aliphatic carboxylic acids is 1. The molecule has 24 heavy (non-hydrogen) atoms. The van der Waals surface area contributed by atoms with Crippen molar-refractivity contribution in [2.45, 2.75) is 73.3 Å². The fourth-order valence-electron chi connectivity index (χ4n) is 3.00. The van der Waals surface area contributed by atoms with E-state index >= 15 is 0 Å². The number of aliphatic imine (C=N–C) groups is 1. The summed E-state index contributed by atoms with van der Waals surface area (Å²) in [5.41, 5.74) is 0.219. The standard InChI is InChI=1S/C19H32N2O3/c1-8-12(5)15(17(22)23)14(10-11(3)4)16-20-18(24)19(7,21-16)13(6)9-2/h11-13H,8-10H2,1-7H3,(H,22,23)(H,20,21,24). The Bertz CT molecular complexity index is 563. The molecule has 0 aromatic rings. The molecule has 1 amide bonds. The van der Waals surface area contributed by atoms with Gasteiger partial charge >= 0.3 is 5.97 Å². The summed E-state index contributed by atoms with van der Waals surface area (Å²) in [6.45, 7) is 13.8. The van der Waals surface area contributed by atoms with Crippen LogP contribution in [-0.4, -0.2) is 28.4 Å². The van der Waals surface area contributed by atoms with Gasteiger partial charge in [0.1, 0.15) is 11.4 Å². The zero-order valence-corrected chi connectivity index (χ0v) is 16.1. The summed E-state index contributed by atoms with van der Waals surface area (Å²) in [5.74, 6) is -0.336. The van der Waals surface area contributed by atoms with Gasteiger partial charge in [0.25, 0.3) is 5.91 Å². The Morgan fingerprint density at radius 1 is 1.21 bits per heavy atom. The van der Waals surface area contributed by atoms with Gasteiger partial charge in [0, 0.05) is 11.1 Å². The molecule has 3 atom stereocenters. The van der Waals surface area contributed by atoms with Gasteiger partial charge in [0.2, 0.25) is 0 Å². The summed E-state index contributed by atoms with van der Waals surface area (Å²) < 4.78 is 0. The van der Waals surface area contributed by atoms with E-state index in [0.717, 1.165) is 12.8 Å². The highest BCUT2D eigenvalue weighted by atomic mass is 16.4. The molecule has 0 spiro atoms. The zero-order valence-electron chi connectivity index (χ0n) is 16.1. The van der Waals surface area contributed by atoms with Gasteiger partial charge in [-0.2, -0.15) is 0 Å². The quantitative estimate of drug-likeness (QED) is 0.662. The molecule has 3 unspecified atom stereocenters. The van der Waals surface area contributed by atoms with Crippen LogP contribution in [0, 0.1) is 17.8 Å². The molecule has 1 aliphatic heterocycles. The molecular formula is C19H32N2O3. The van der Waals surface area contributed by atoms with E-state index in [4.69, 9.17) is 0 Å². The molecule has 1 heterocycles. The van der Waals surface area contributed by atoms with Crippen molar-refractivity contribution >= 4 is 17.7 Å².